The third kappa shape index (κ3) is 1.78. The fourth-order valence-corrected chi connectivity index (χ4v) is 1.07. The van der Waals surface area contributed by atoms with Crippen molar-refractivity contribution in [3.05, 3.63) is 36.3 Å². The predicted molar refractivity (Wildman–Crippen MR) is 48.1 cm³/mol. The Hall–Kier alpha value is -1.55. The molecule has 2 heterocycles. The van der Waals surface area contributed by atoms with Crippen LogP contribution in [0.1, 0.15) is 0 Å². The van der Waals surface area contributed by atoms with Crippen LogP contribution < -0.4 is 0 Å². The van der Waals surface area contributed by atoms with Crippen LogP contribution in [0.25, 0.3) is 11.3 Å². The van der Waals surface area contributed by atoms with Crippen LogP contribution >= 0.6 is 11.6 Å². The zero-order valence-electron chi connectivity index (χ0n) is 6.55. The Morgan fingerprint density at radius 3 is 2.46 bits per heavy atom. The molecule has 2 aromatic rings. The number of aromatic nitrogens is 4. The molecule has 0 saturated heterocycles. The Morgan fingerprint density at radius 1 is 1.00 bits per heavy atom. The highest BCUT2D eigenvalue weighted by Crippen LogP contribution is 2.15. The van der Waals surface area contributed by atoms with Crippen LogP contribution in [-0.2, 0) is 0 Å². The molecule has 2 aromatic heterocycles. The molecule has 5 heteroatoms. The first-order valence-corrected chi connectivity index (χ1v) is 3.97. The zero-order valence-corrected chi connectivity index (χ0v) is 7.31. The fraction of sp³-hybridized carbons (Fsp3) is 0. The standard InChI is InChI=1S/C8H5ClN4/c9-8-1-7(12-5-13-8)6-2-10-4-11-3-6/h1-5H. The van der Waals surface area contributed by atoms with Crippen LogP contribution in [0.4, 0.5) is 0 Å². The van der Waals surface area contributed by atoms with Gasteiger partial charge in [0.1, 0.15) is 17.8 Å². The summed E-state index contributed by atoms with van der Waals surface area (Å²) in [6, 6.07) is 1.67. The van der Waals surface area contributed by atoms with Crippen molar-refractivity contribution in [2.75, 3.05) is 0 Å². The van der Waals surface area contributed by atoms with E-state index in [-0.39, 0.29) is 0 Å². The number of rotatable bonds is 1. The minimum atomic E-state index is 0.411. The first kappa shape index (κ1) is 8.07. The zero-order chi connectivity index (χ0) is 9.10. The Morgan fingerprint density at radius 2 is 1.77 bits per heavy atom. The molecular formula is C8H5ClN4. The lowest BCUT2D eigenvalue weighted by molar-refractivity contribution is 1.13. The molecule has 0 aliphatic carbocycles. The van der Waals surface area contributed by atoms with Crippen molar-refractivity contribution in [3.63, 3.8) is 0 Å². The van der Waals surface area contributed by atoms with Crippen molar-refractivity contribution in [3.8, 4) is 11.3 Å². The molecule has 0 spiro atoms. The molecule has 0 aromatic carbocycles. The third-order valence-electron chi connectivity index (χ3n) is 1.49. The van der Waals surface area contributed by atoms with Gasteiger partial charge in [-0.05, 0) is 0 Å². The van der Waals surface area contributed by atoms with E-state index in [2.05, 4.69) is 19.9 Å². The van der Waals surface area contributed by atoms with E-state index in [9.17, 15) is 0 Å². The fourth-order valence-electron chi connectivity index (χ4n) is 0.923. The van der Waals surface area contributed by atoms with E-state index < -0.39 is 0 Å². The SMILES string of the molecule is Clc1cc(-c2cncnc2)ncn1. The van der Waals surface area contributed by atoms with E-state index in [0.717, 1.165) is 11.3 Å². The maximum atomic E-state index is 5.70. The Balaban J connectivity index is 2.48. The lowest BCUT2D eigenvalue weighted by Crippen LogP contribution is -1.87. The van der Waals surface area contributed by atoms with E-state index in [0.29, 0.717) is 5.15 Å². The smallest absolute Gasteiger partial charge is 0.133 e. The lowest BCUT2D eigenvalue weighted by Gasteiger charge is -1.97. The highest BCUT2D eigenvalue weighted by molar-refractivity contribution is 6.29. The van der Waals surface area contributed by atoms with E-state index in [4.69, 9.17) is 11.6 Å². The van der Waals surface area contributed by atoms with Crippen molar-refractivity contribution >= 4 is 11.6 Å². The van der Waals surface area contributed by atoms with Crippen molar-refractivity contribution in [1.29, 1.82) is 0 Å². The van der Waals surface area contributed by atoms with E-state index in [1.165, 1.54) is 12.7 Å². The Labute approximate surface area is 79.7 Å². The van der Waals surface area contributed by atoms with Gasteiger partial charge >= 0.3 is 0 Å². The van der Waals surface area contributed by atoms with Gasteiger partial charge in [-0.3, -0.25) is 0 Å². The van der Waals surface area contributed by atoms with Crippen LogP contribution in [0, 0.1) is 0 Å². The molecule has 0 radical (unpaired) electrons. The van der Waals surface area contributed by atoms with Crippen molar-refractivity contribution in [2.45, 2.75) is 0 Å². The Bertz CT molecular complexity index is 404. The molecule has 13 heavy (non-hydrogen) atoms. The van der Waals surface area contributed by atoms with Gasteiger partial charge in [0.15, 0.2) is 0 Å². The van der Waals surface area contributed by atoms with Crippen molar-refractivity contribution in [2.24, 2.45) is 0 Å². The number of hydrogen-bond acceptors (Lipinski definition) is 4. The molecule has 0 N–H and O–H groups in total. The van der Waals surface area contributed by atoms with E-state index in [1.54, 1.807) is 18.5 Å². The molecule has 0 bridgehead atoms. The predicted octanol–water partition coefficient (Wildman–Crippen LogP) is 1.59. The molecule has 0 amide bonds. The minimum Gasteiger partial charge on any atom is -0.244 e. The van der Waals surface area contributed by atoms with Gasteiger partial charge in [-0.2, -0.15) is 0 Å². The average molecular weight is 193 g/mol. The third-order valence-corrected chi connectivity index (χ3v) is 1.70. The molecular weight excluding hydrogens is 188 g/mol. The topological polar surface area (TPSA) is 51.6 Å². The maximum Gasteiger partial charge on any atom is 0.133 e. The quantitative estimate of drug-likeness (QED) is 0.644. The lowest BCUT2D eigenvalue weighted by atomic mass is 10.2. The maximum absolute atomic E-state index is 5.70. The van der Waals surface area contributed by atoms with Gasteiger partial charge in [0.2, 0.25) is 0 Å². The molecule has 64 valence electrons. The van der Waals surface area contributed by atoms with Crippen molar-refractivity contribution in [1.82, 2.24) is 19.9 Å². The summed E-state index contributed by atoms with van der Waals surface area (Å²) in [4.78, 5) is 15.6. The van der Waals surface area contributed by atoms with Gasteiger partial charge in [0, 0.05) is 24.0 Å². The van der Waals surface area contributed by atoms with Gasteiger partial charge < -0.3 is 0 Å². The van der Waals surface area contributed by atoms with Gasteiger partial charge in [0.05, 0.1) is 5.69 Å². The second-order valence-electron chi connectivity index (χ2n) is 2.35. The molecule has 0 fully saturated rings. The van der Waals surface area contributed by atoms with Crippen molar-refractivity contribution < 1.29 is 0 Å². The summed E-state index contributed by atoms with van der Waals surface area (Å²) in [5.41, 5.74) is 1.55. The van der Waals surface area contributed by atoms with Gasteiger partial charge in [0.25, 0.3) is 0 Å². The summed E-state index contributed by atoms with van der Waals surface area (Å²) in [6.07, 6.45) is 6.22. The molecule has 0 atom stereocenters. The first-order chi connectivity index (χ1) is 6.36. The second kappa shape index (κ2) is 3.45. The second-order valence-corrected chi connectivity index (χ2v) is 2.74. The summed E-state index contributed by atoms with van der Waals surface area (Å²) in [6.45, 7) is 0. The van der Waals surface area contributed by atoms with Gasteiger partial charge in [-0.25, -0.2) is 19.9 Å². The van der Waals surface area contributed by atoms with Crippen LogP contribution in [0.2, 0.25) is 5.15 Å². The Kier molecular flexibility index (Phi) is 2.14. The monoisotopic (exact) mass is 192 g/mol. The summed E-state index contributed by atoms with van der Waals surface area (Å²) < 4.78 is 0. The molecule has 4 nitrogen and oxygen atoms in total. The van der Waals surface area contributed by atoms with E-state index in [1.807, 2.05) is 0 Å². The van der Waals surface area contributed by atoms with Gasteiger partial charge in [-0.15, -0.1) is 0 Å². The average Bonchev–Trinajstić information content (AvgIpc) is 2.19. The number of hydrogen-bond donors (Lipinski definition) is 0. The number of halogens is 1. The van der Waals surface area contributed by atoms with Crippen LogP contribution in [0.5, 0.6) is 0 Å². The van der Waals surface area contributed by atoms with E-state index >= 15 is 0 Å². The first-order valence-electron chi connectivity index (χ1n) is 3.59. The summed E-state index contributed by atoms with van der Waals surface area (Å²) in [7, 11) is 0. The molecule has 2 rings (SSSR count). The largest absolute Gasteiger partial charge is 0.244 e. The van der Waals surface area contributed by atoms with Crippen LogP contribution in [-0.4, -0.2) is 19.9 Å². The summed E-state index contributed by atoms with van der Waals surface area (Å²) >= 11 is 5.70. The molecule has 0 aliphatic rings. The highest BCUT2D eigenvalue weighted by Gasteiger charge is 1.99. The molecule has 0 unspecified atom stereocenters. The summed E-state index contributed by atoms with van der Waals surface area (Å²) in [5, 5.41) is 0.411. The normalized spacial score (nSPS) is 9.92. The van der Waals surface area contributed by atoms with Crippen LogP contribution in [0.15, 0.2) is 31.1 Å². The molecule has 0 saturated carbocycles. The summed E-state index contributed by atoms with van der Waals surface area (Å²) in [5.74, 6) is 0. The molecule has 0 aliphatic heterocycles. The highest BCUT2D eigenvalue weighted by atomic mass is 35.5. The van der Waals surface area contributed by atoms with Gasteiger partial charge in [-0.1, -0.05) is 11.6 Å². The minimum absolute atomic E-state index is 0.411. The van der Waals surface area contributed by atoms with Crippen LogP contribution in [0.3, 0.4) is 0 Å². The number of nitrogens with zero attached hydrogens (tertiary/aromatic N) is 4.